The van der Waals surface area contributed by atoms with Crippen molar-refractivity contribution in [2.45, 2.75) is 44.7 Å². The lowest BCUT2D eigenvalue weighted by Gasteiger charge is -2.28. The van der Waals surface area contributed by atoms with Gasteiger partial charge in [0.15, 0.2) is 0 Å². The molecule has 0 heterocycles. The molecule has 1 aliphatic carbocycles. The molecule has 0 aliphatic heterocycles. The summed E-state index contributed by atoms with van der Waals surface area (Å²) in [4.78, 5) is 0. The predicted octanol–water partition coefficient (Wildman–Crippen LogP) is 3.44. The van der Waals surface area contributed by atoms with Gasteiger partial charge in [-0.05, 0) is 66.2 Å². The fraction of sp³-hybridized carbons (Fsp3) is 0.538. The Bertz CT molecular complexity index is 365. The number of halogens is 1. The van der Waals surface area contributed by atoms with E-state index in [1.807, 2.05) is 0 Å². The lowest BCUT2D eigenvalue weighted by molar-refractivity contribution is 0.409. The van der Waals surface area contributed by atoms with Gasteiger partial charge in [-0.2, -0.15) is 0 Å². The first-order valence-electron chi connectivity index (χ1n) is 5.93. The first kappa shape index (κ1) is 11.9. The summed E-state index contributed by atoms with van der Waals surface area (Å²) in [6, 6.07) is 7.30. The van der Waals surface area contributed by atoms with Crippen LogP contribution in [0.3, 0.4) is 0 Å². The zero-order valence-electron chi connectivity index (χ0n) is 9.67. The van der Waals surface area contributed by atoms with Crippen molar-refractivity contribution in [2.75, 3.05) is 5.32 Å². The Kier molecular flexibility index (Phi) is 3.87. The van der Waals surface area contributed by atoms with Crippen molar-refractivity contribution in [3.63, 3.8) is 0 Å². The van der Waals surface area contributed by atoms with E-state index in [4.69, 9.17) is 5.73 Å². The lowest BCUT2D eigenvalue weighted by Crippen LogP contribution is -2.34. The topological polar surface area (TPSA) is 38.0 Å². The Hall–Kier alpha value is -0.540. The minimum Gasteiger partial charge on any atom is -0.381 e. The Labute approximate surface area is 106 Å². The summed E-state index contributed by atoms with van der Waals surface area (Å²) < 4.78 is 1.14. The van der Waals surface area contributed by atoms with Crippen molar-refractivity contribution in [3.8, 4) is 0 Å². The van der Waals surface area contributed by atoms with Gasteiger partial charge >= 0.3 is 0 Å². The SMILES string of the molecule is Cc1ccc(Br)c(NC2CCCC(N)C2)c1. The predicted molar refractivity (Wildman–Crippen MR) is 72.7 cm³/mol. The number of anilines is 1. The van der Waals surface area contributed by atoms with Gasteiger partial charge < -0.3 is 11.1 Å². The molecule has 0 spiro atoms. The fourth-order valence-corrected chi connectivity index (χ4v) is 2.69. The Morgan fingerprint density at radius 2 is 2.19 bits per heavy atom. The summed E-state index contributed by atoms with van der Waals surface area (Å²) in [6.45, 7) is 2.12. The van der Waals surface area contributed by atoms with Crippen molar-refractivity contribution in [3.05, 3.63) is 28.2 Å². The molecule has 0 radical (unpaired) electrons. The van der Waals surface area contributed by atoms with Crippen LogP contribution in [-0.2, 0) is 0 Å². The van der Waals surface area contributed by atoms with Gasteiger partial charge in [0.2, 0.25) is 0 Å². The number of benzene rings is 1. The number of nitrogens with one attached hydrogen (secondary N) is 1. The minimum atomic E-state index is 0.370. The molecule has 0 aromatic heterocycles. The van der Waals surface area contributed by atoms with E-state index in [9.17, 15) is 0 Å². The van der Waals surface area contributed by atoms with Gasteiger partial charge in [0.05, 0.1) is 0 Å². The number of rotatable bonds is 2. The molecule has 2 rings (SSSR count). The van der Waals surface area contributed by atoms with Crippen LogP contribution in [-0.4, -0.2) is 12.1 Å². The van der Waals surface area contributed by atoms with Gasteiger partial charge in [0.25, 0.3) is 0 Å². The summed E-state index contributed by atoms with van der Waals surface area (Å²) >= 11 is 3.58. The molecule has 1 aromatic rings. The summed E-state index contributed by atoms with van der Waals surface area (Å²) in [6.07, 6.45) is 4.73. The van der Waals surface area contributed by atoms with E-state index in [1.54, 1.807) is 0 Å². The first-order chi connectivity index (χ1) is 7.65. The second-order valence-electron chi connectivity index (χ2n) is 4.75. The van der Waals surface area contributed by atoms with Crippen LogP contribution in [0.15, 0.2) is 22.7 Å². The summed E-state index contributed by atoms with van der Waals surface area (Å²) in [5.74, 6) is 0. The second-order valence-corrected chi connectivity index (χ2v) is 5.61. The normalized spacial score (nSPS) is 25.4. The molecule has 1 fully saturated rings. The lowest BCUT2D eigenvalue weighted by atomic mass is 9.91. The highest BCUT2D eigenvalue weighted by molar-refractivity contribution is 9.10. The number of hydrogen-bond acceptors (Lipinski definition) is 2. The van der Waals surface area contributed by atoms with Crippen molar-refractivity contribution in [1.82, 2.24) is 0 Å². The fourth-order valence-electron chi connectivity index (χ4n) is 2.33. The van der Waals surface area contributed by atoms with E-state index in [-0.39, 0.29) is 0 Å². The third-order valence-electron chi connectivity index (χ3n) is 3.20. The van der Waals surface area contributed by atoms with Crippen molar-refractivity contribution < 1.29 is 0 Å². The molecule has 0 amide bonds. The molecule has 1 saturated carbocycles. The third-order valence-corrected chi connectivity index (χ3v) is 3.89. The van der Waals surface area contributed by atoms with Crippen LogP contribution in [0.5, 0.6) is 0 Å². The molecule has 3 heteroatoms. The quantitative estimate of drug-likeness (QED) is 0.872. The average Bonchev–Trinajstić information content (AvgIpc) is 2.24. The highest BCUT2D eigenvalue weighted by atomic mass is 79.9. The molecular weight excluding hydrogens is 264 g/mol. The monoisotopic (exact) mass is 282 g/mol. The second kappa shape index (κ2) is 5.19. The molecule has 2 nitrogen and oxygen atoms in total. The maximum Gasteiger partial charge on any atom is 0.0489 e. The molecule has 16 heavy (non-hydrogen) atoms. The van der Waals surface area contributed by atoms with Crippen molar-refractivity contribution >= 4 is 21.6 Å². The first-order valence-corrected chi connectivity index (χ1v) is 6.73. The number of aryl methyl sites for hydroxylation is 1. The largest absolute Gasteiger partial charge is 0.381 e. The number of nitrogens with two attached hydrogens (primary N) is 1. The van der Waals surface area contributed by atoms with E-state index in [0.29, 0.717) is 12.1 Å². The standard InChI is InChI=1S/C13H19BrN2/c1-9-5-6-12(14)13(7-9)16-11-4-2-3-10(15)8-11/h5-7,10-11,16H,2-4,8,15H2,1H3. The van der Waals surface area contributed by atoms with Gasteiger partial charge in [-0.1, -0.05) is 6.07 Å². The number of hydrogen-bond donors (Lipinski definition) is 2. The van der Waals surface area contributed by atoms with E-state index in [1.165, 1.54) is 30.5 Å². The molecule has 1 aromatic carbocycles. The van der Waals surface area contributed by atoms with Crippen LogP contribution < -0.4 is 11.1 Å². The van der Waals surface area contributed by atoms with Crippen molar-refractivity contribution in [1.29, 1.82) is 0 Å². The minimum absolute atomic E-state index is 0.370. The summed E-state index contributed by atoms with van der Waals surface area (Å²) in [5, 5.41) is 3.59. The van der Waals surface area contributed by atoms with Crippen molar-refractivity contribution in [2.24, 2.45) is 5.73 Å². The zero-order chi connectivity index (χ0) is 11.5. The van der Waals surface area contributed by atoms with Gasteiger partial charge in [0.1, 0.15) is 0 Å². The summed E-state index contributed by atoms with van der Waals surface area (Å²) in [7, 11) is 0. The molecule has 0 bridgehead atoms. The molecule has 88 valence electrons. The van der Waals surface area contributed by atoms with E-state index >= 15 is 0 Å². The highest BCUT2D eigenvalue weighted by Crippen LogP contribution is 2.27. The zero-order valence-corrected chi connectivity index (χ0v) is 11.3. The van der Waals surface area contributed by atoms with Crippen LogP contribution in [0.4, 0.5) is 5.69 Å². The van der Waals surface area contributed by atoms with E-state index in [2.05, 4.69) is 46.4 Å². The summed E-state index contributed by atoms with van der Waals surface area (Å²) in [5.41, 5.74) is 8.47. The molecular formula is C13H19BrN2. The van der Waals surface area contributed by atoms with Crippen LogP contribution >= 0.6 is 15.9 Å². The van der Waals surface area contributed by atoms with E-state index in [0.717, 1.165) is 10.9 Å². The van der Waals surface area contributed by atoms with Gasteiger partial charge in [-0.3, -0.25) is 0 Å². The molecule has 2 atom stereocenters. The van der Waals surface area contributed by atoms with Crippen LogP contribution in [0.25, 0.3) is 0 Å². The average molecular weight is 283 g/mol. The maximum atomic E-state index is 6.00. The maximum absolute atomic E-state index is 6.00. The van der Waals surface area contributed by atoms with Gasteiger partial charge in [-0.25, -0.2) is 0 Å². The Morgan fingerprint density at radius 1 is 1.38 bits per heavy atom. The molecule has 1 aliphatic rings. The van der Waals surface area contributed by atoms with Gasteiger partial charge in [-0.15, -0.1) is 0 Å². The Balaban J connectivity index is 2.05. The third kappa shape index (κ3) is 2.98. The molecule has 2 unspecified atom stereocenters. The molecule has 3 N–H and O–H groups in total. The highest BCUT2D eigenvalue weighted by Gasteiger charge is 2.19. The van der Waals surface area contributed by atoms with Gasteiger partial charge in [0, 0.05) is 22.2 Å². The van der Waals surface area contributed by atoms with Crippen LogP contribution in [0, 0.1) is 6.92 Å². The van der Waals surface area contributed by atoms with Crippen LogP contribution in [0.2, 0.25) is 0 Å². The van der Waals surface area contributed by atoms with E-state index < -0.39 is 0 Å². The molecule has 0 saturated heterocycles. The Morgan fingerprint density at radius 3 is 2.94 bits per heavy atom. The smallest absolute Gasteiger partial charge is 0.0489 e. The van der Waals surface area contributed by atoms with Crippen LogP contribution in [0.1, 0.15) is 31.2 Å².